The van der Waals surface area contributed by atoms with Crippen LogP contribution in [0, 0.1) is 11.8 Å². The maximum absolute atomic E-state index is 5.43. The van der Waals surface area contributed by atoms with Crippen LogP contribution in [0.3, 0.4) is 0 Å². The normalized spacial score (nSPS) is 17.1. The van der Waals surface area contributed by atoms with Gasteiger partial charge in [-0.25, -0.2) is 0 Å². The third kappa shape index (κ3) is 5.35. The van der Waals surface area contributed by atoms with E-state index < -0.39 is 0 Å². The number of alkyl halides is 1. The van der Waals surface area contributed by atoms with Crippen molar-refractivity contribution in [2.45, 2.75) is 57.9 Å². The molecule has 14 heavy (non-hydrogen) atoms. The zero-order valence-corrected chi connectivity index (χ0v) is 12.0. The zero-order valence-electron chi connectivity index (χ0n) is 10.4. The van der Waals surface area contributed by atoms with Gasteiger partial charge in [-0.05, 0) is 38.5 Å². The van der Waals surface area contributed by atoms with Crippen molar-refractivity contribution in [3.8, 4) is 0 Å². The van der Waals surface area contributed by atoms with E-state index in [1.807, 2.05) is 0 Å². The van der Waals surface area contributed by atoms with Crippen LogP contribution in [-0.4, -0.2) is 17.5 Å². The molecular weight excluding hydrogens is 240 g/mol. The third-order valence-electron chi connectivity index (χ3n) is 3.08. The van der Waals surface area contributed by atoms with Crippen molar-refractivity contribution in [3.05, 3.63) is 0 Å². The predicted octanol–water partition coefficient (Wildman–Crippen LogP) is 4.25. The second-order valence-electron chi connectivity index (χ2n) is 5.09. The fraction of sp³-hybridized carbons (Fsp3) is 1.00. The molecule has 2 unspecified atom stereocenters. The molecule has 0 rings (SSSR count). The maximum atomic E-state index is 5.43. The second kappa shape index (κ2) is 6.12. The molecule has 0 amide bonds. The van der Waals surface area contributed by atoms with E-state index >= 15 is 0 Å². The van der Waals surface area contributed by atoms with E-state index in [0.717, 1.165) is 18.3 Å². The number of methoxy groups -OCH3 is 1. The van der Waals surface area contributed by atoms with Crippen LogP contribution in [0.25, 0.3) is 0 Å². The minimum absolute atomic E-state index is 0.0228. The highest BCUT2D eigenvalue weighted by molar-refractivity contribution is 9.09. The average molecular weight is 265 g/mol. The molecular formula is C12H25BrO. The van der Waals surface area contributed by atoms with Crippen LogP contribution < -0.4 is 0 Å². The smallest absolute Gasteiger partial charge is 0.0622 e. The van der Waals surface area contributed by atoms with E-state index in [1.165, 1.54) is 6.42 Å². The Bertz CT molecular complexity index is 144. The van der Waals surface area contributed by atoms with E-state index in [1.54, 1.807) is 7.11 Å². The fourth-order valence-corrected chi connectivity index (χ4v) is 2.58. The first-order valence-corrected chi connectivity index (χ1v) is 6.41. The molecule has 0 aromatic rings. The number of rotatable bonds is 6. The first-order chi connectivity index (χ1) is 6.30. The summed E-state index contributed by atoms with van der Waals surface area (Å²) < 4.78 is 5.43. The summed E-state index contributed by atoms with van der Waals surface area (Å²) in [5.41, 5.74) is 0.0228. The first kappa shape index (κ1) is 14.4. The molecule has 0 radical (unpaired) electrons. The summed E-state index contributed by atoms with van der Waals surface area (Å²) in [6.45, 7) is 11.1. The summed E-state index contributed by atoms with van der Waals surface area (Å²) in [5.74, 6) is 1.47. The molecule has 0 spiro atoms. The average Bonchev–Trinajstić information content (AvgIpc) is 2.03. The fourth-order valence-electron chi connectivity index (χ4n) is 1.71. The summed E-state index contributed by atoms with van der Waals surface area (Å²) in [6.07, 6.45) is 2.35. The van der Waals surface area contributed by atoms with Gasteiger partial charge in [-0.1, -0.05) is 36.7 Å². The van der Waals surface area contributed by atoms with Gasteiger partial charge in [0.15, 0.2) is 0 Å². The van der Waals surface area contributed by atoms with Gasteiger partial charge in [0.2, 0.25) is 0 Å². The summed E-state index contributed by atoms with van der Waals surface area (Å²) in [5, 5.41) is 0. The molecule has 0 aliphatic heterocycles. The zero-order chi connectivity index (χ0) is 11.4. The highest BCUT2D eigenvalue weighted by atomic mass is 79.9. The van der Waals surface area contributed by atoms with Crippen molar-refractivity contribution >= 4 is 15.9 Å². The molecule has 0 N–H and O–H groups in total. The van der Waals surface area contributed by atoms with Crippen molar-refractivity contribution in [2.24, 2.45) is 11.8 Å². The lowest BCUT2D eigenvalue weighted by Gasteiger charge is -2.29. The van der Waals surface area contributed by atoms with Crippen molar-refractivity contribution in [3.63, 3.8) is 0 Å². The largest absolute Gasteiger partial charge is 0.379 e. The molecule has 0 saturated heterocycles. The van der Waals surface area contributed by atoms with E-state index in [9.17, 15) is 0 Å². The molecule has 1 nitrogen and oxygen atoms in total. The van der Waals surface area contributed by atoms with Gasteiger partial charge < -0.3 is 4.74 Å². The van der Waals surface area contributed by atoms with Gasteiger partial charge in [0.05, 0.1) is 5.60 Å². The first-order valence-electron chi connectivity index (χ1n) is 5.49. The Morgan fingerprint density at radius 3 is 2.00 bits per heavy atom. The molecule has 0 bridgehead atoms. The van der Waals surface area contributed by atoms with Gasteiger partial charge in [-0.3, -0.25) is 0 Å². The standard InChI is InChI=1S/C12H25BrO/c1-9(2)11(10(3)13)7-8-12(4,5)14-6/h9-11H,7-8H2,1-6H3. The second-order valence-corrected chi connectivity index (χ2v) is 6.53. The Hall–Kier alpha value is 0.440. The van der Waals surface area contributed by atoms with Crippen LogP contribution in [0.4, 0.5) is 0 Å². The lowest BCUT2D eigenvalue weighted by molar-refractivity contribution is 0.00893. The van der Waals surface area contributed by atoms with Crippen molar-refractivity contribution in [2.75, 3.05) is 7.11 Å². The van der Waals surface area contributed by atoms with E-state index in [0.29, 0.717) is 4.83 Å². The number of ether oxygens (including phenoxy) is 1. The molecule has 0 fully saturated rings. The van der Waals surface area contributed by atoms with Crippen LogP contribution in [0.2, 0.25) is 0 Å². The Morgan fingerprint density at radius 2 is 1.71 bits per heavy atom. The van der Waals surface area contributed by atoms with Crippen molar-refractivity contribution < 1.29 is 4.74 Å². The molecule has 0 saturated carbocycles. The van der Waals surface area contributed by atoms with E-state index in [-0.39, 0.29) is 5.60 Å². The minimum Gasteiger partial charge on any atom is -0.379 e. The van der Waals surface area contributed by atoms with Crippen molar-refractivity contribution in [1.82, 2.24) is 0 Å². The number of hydrogen-bond donors (Lipinski definition) is 0. The summed E-state index contributed by atoms with van der Waals surface area (Å²) in [7, 11) is 1.79. The summed E-state index contributed by atoms with van der Waals surface area (Å²) >= 11 is 3.69. The predicted molar refractivity (Wildman–Crippen MR) is 67.0 cm³/mol. The number of hydrogen-bond acceptors (Lipinski definition) is 1. The van der Waals surface area contributed by atoms with Gasteiger partial charge in [-0.2, -0.15) is 0 Å². The van der Waals surface area contributed by atoms with Gasteiger partial charge in [0.1, 0.15) is 0 Å². The van der Waals surface area contributed by atoms with E-state index in [2.05, 4.69) is 50.5 Å². The molecule has 2 heteroatoms. The van der Waals surface area contributed by atoms with Gasteiger partial charge in [-0.15, -0.1) is 0 Å². The maximum Gasteiger partial charge on any atom is 0.0622 e. The number of halogens is 1. The molecule has 0 aliphatic carbocycles. The Morgan fingerprint density at radius 1 is 1.21 bits per heavy atom. The Balaban J connectivity index is 4.07. The molecule has 0 aromatic heterocycles. The monoisotopic (exact) mass is 264 g/mol. The third-order valence-corrected chi connectivity index (χ3v) is 3.76. The van der Waals surface area contributed by atoms with Gasteiger partial charge in [0, 0.05) is 11.9 Å². The summed E-state index contributed by atoms with van der Waals surface area (Å²) in [4.78, 5) is 0.593. The highest BCUT2D eigenvalue weighted by Gasteiger charge is 2.23. The van der Waals surface area contributed by atoms with Crippen LogP contribution >= 0.6 is 15.9 Å². The Kier molecular flexibility index (Phi) is 6.31. The lowest BCUT2D eigenvalue weighted by atomic mass is 9.85. The summed E-state index contributed by atoms with van der Waals surface area (Å²) in [6, 6.07) is 0. The van der Waals surface area contributed by atoms with Gasteiger partial charge in [0.25, 0.3) is 0 Å². The minimum atomic E-state index is 0.0228. The van der Waals surface area contributed by atoms with Crippen LogP contribution in [0.5, 0.6) is 0 Å². The topological polar surface area (TPSA) is 9.23 Å². The molecule has 86 valence electrons. The SMILES string of the molecule is COC(C)(C)CCC(C(C)C)C(C)Br. The van der Waals surface area contributed by atoms with Gasteiger partial charge >= 0.3 is 0 Å². The quantitative estimate of drug-likeness (QED) is 0.652. The van der Waals surface area contributed by atoms with Crippen LogP contribution in [0.1, 0.15) is 47.5 Å². The Labute approximate surface area is 97.7 Å². The lowest BCUT2D eigenvalue weighted by Crippen LogP contribution is -2.26. The molecule has 0 aromatic carbocycles. The molecule has 0 heterocycles. The van der Waals surface area contributed by atoms with Crippen molar-refractivity contribution in [1.29, 1.82) is 0 Å². The molecule has 2 atom stereocenters. The molecule has 0 aliphatic rings. The van der Waals surface area contributed by atoms with Crippen LogP contribution in [-0.2, 0) is 4.74 Å². The highest BCUT2D eigenvalue weighted by Crippen LogP contribution is 2.29. The van der Waals surface area contributed by atoms with E-state index in [4.69, 9.17) is 4.74 Å². The van der Waals surface area contributed by atoms with Crippen LogP contribution in [0.15, 0.2) is 0 Å².